The van der Waals surface area contributed by atoms with E-state index in [0.29, 0.717) is 18.8 Å². The Hall–Kier alpha value is -2.78. The average Bonchev–Trinajstić information content (AvgIpc) is 3.05. The topological polar surface area (TPSA) is 97.2 Å². The Kier molecular flexibility index (Phi) is 5.10. The van der Waals surface area contributed by atoms with Crippen LogP contribution in [0.1, 0.15) is 31.4 Å². The van der Waals surface area contributed by atoms with Crippen molar-refractivity contribution in [3.8, 4) is 0 Å². The standard InChI is InChI=1S/C20H23N5O3S/c1-14(26)22-16-7-9-17(10-8-16)29(27,28)25-12-4-5-15(13-25)19-18-6-3-11-21-20(18)24(2)23-19/h3,6-11,15H,4-5,12-13H2,1-2H3,(H,22,26). The van der Waals surface area contributed by atoms with Gasteiger partial charge in [0.2, 0.25) is 15.9 Å². The summed E-state index contributed by atoms with van der Waals surface area (Å²) in [5.41, 5.74) is 2.27. The average molecular weight is 414 g/mol. The number of pyridine rings is 1. The van der Waals surface area contributed by atoms with Crippen molar-refractivity contribution in [3.63, 3.8) is 0 Å². The molecule has 1 aliphatic heterocycles. The van der Waals surface area contributed by atoms with Gasteiger partial charge in [-0.1, -0.05) is 0 Å². The van der Waals surface area contributed by atoms with Crippen LogP contribution in [0, 0.1) is 0 Å². The molecule has 3 heterocycles. The summed E-state index contributed by atoms with van der Waals surface area (Å²) in [7, 11) is -1.77. The monoisotopic (exact) mass is 413 g/mol. The number of aryl methyl sites for hydroxylation is 1. The van der Waals surface area contributed by atoms with Gasteiger partial charge in [0.25, 0.3) is 0 Å². The molecule has 1 atom stereocenters. The molecule has 0 bridgehead atoms. The molecule has 0 radical (unpaired) electrons. The van der Waals surface area contributed by atoms with E-state index in [0.717, 1.165) is 29.6 Å². The fourth-order valence-corrected chi connectivity index (χ4v) is 5.39. The van der Waals surface area contributed by atoms with Crippen LogP contribution in [0.4, 0.5) is 5.69 Å². The summed E-state index contributed by atoms with van der Waals surface area (Å²) in [4.78, 5) is 15.8. The highest BCUT2D eigenvalue weighted by molar-refractivity contribution is 7.89. The van der Waals surface area contributed by atoms with Gasteiger partial charge in [0.1, 0.15) is 0 Å². The summed E-state index contributed by atoms with van der Waals surface area (Å²) in [6, 6.07) is 10.1. The molecule has 1 fully saturated rings. The van der Waals surface area contributed by atoms with Crippen molar-refractivity contribution in [1.82, 2.24) is 19.1 Å². The van der Waals surface area contributed by atoms with E-state index in [1.54, 1.807) is 23.0 Å². The number of aromatic nitrogens is 3. The number of rotatable bonds is 4. The van der Waals surface area contributed by atoms with E-state index < -0.39 is 10.0 Å². The van der Waals surface area contributed by atoms with Crippen LogP contribution < -0.4 is 5.32 Å². The Morgan fingerprint density at radius 3 is 2.69 bits per heavy atom. The lowest BCUT2D eigenvalue weighted by Gasteiger charge is -2.31. The molecule has 29 heavy (non-hydrogen) atoms. The van der Waals surface area contributed by atoms with Crippen LogP contribution in [0.2, 0.25) is 0 Å². The van der Waals surface area contributed by atoms with Crippen molar-refractivity contribution < 1.29 is 13.2 Å². The van der Waals surface area contributed by atoms with Crippen molar-refractivity contribution in [2.45, 2.75) is 30.6 Å². The van der Waals surface area contributed by atoms with Crippen molar-refractivity contribution in [2.75, 3.05) is 18.4 Å². The highest BCUT2D eigenvalue weighted by atomic mass is 32.2. The Labute approximate surface area is 169 Å². The van der Waals surface area contributed by atoms with E-state index in [1.165, 1.54) is 23.4 Å². The molecule has 0 spiro atoms. The van der Waals surface area contributed by atoms with Crippen LogP contribution in [0.3, 0.4) is 0 Å². The number of carbonyl (C=O) groups is 1. The predicted molar refractivity (Wildman–Crippen MR) is 110 cm³/mol. The van der Waals surface area contributed by atoms with Crippen LogP contribution in [0.15, 0.2) is 47.5 Å². The Bertz CT molecular complexity index is 1150. The zero-order chi connectivity index (χ0) is 20.6. The molecule has 1 saturated heterocycles. The fourth-order valence-electron chi connectivity index (χ4n) is 3.87. The number of nitrogens with zero attached hydrogens (tertiary/aromatic N) is 4. The van der Waals surface area contributed by atoms with Crippen LogP contribution >= 0.6 is 0 Å². The van der Waals surface area contributed by atoms with Gasteiger partial charge in [0, 0.05) is 50.2 Å². The molecule has 0 aliphatic carbocycles. The van der Waals surface area contributed by atoms with E-state index in [1.807, 2.05) is 19.2 Å². The first kappa shape index (κ1) is 19.5. The molecule has 1 N–H and O–H groups in total. The summed E-state index contributed by atoms with van der Waals surface area (Å²) in [5, 5.41) is 8.25. The summed E-state index contributed by atoms with van der Waals surface area (Å²) < 4.78 is 29.6. The van der Waals surface area contributed by atoms with E-state index >= 15 is 0 Å². The first-order valence-corrected chi connectivity index (χ1v) is 11.0. The Morgan fingerprint density at radius 1 is 1.21 bits per heavy atom. The maximum atomic E-state index is 13.2. The van der Waals surface area contributed by atoms with Gasteiger partial charge in [-0.05, 0) is 49.2 Å². The van der Waals surface area contributed by atoms with Crippen molar-refractivity contribution in [2.24, 2.45) is 7.05 Å². The molecular weight excluding hydrogens is 390 g/mol. The number of nitrogens with one attached hydrogen (secondary N) is 1. The maximum Gasteiger partial charge on any atom is 0.243 e. The second-order valence-corrected chi connectivity index (χ2v) is 9.23. The number of sulfonamides is 1. The first-order valence-electron chi connectivity index (χ1n) is 9.51. The van der Waals surface area contributed by atoms with Gasteiger partial charge in [-0.15, -0.1) is 0 Å². The molecule has 1 unspecified atom stereocenters. The van der Waals surface area contributed by atoms with E-state index in [2.05, 4.69) is 15.4 Å². The molecule has 3 aromatic rings. The third kappa shape index (κ3) is 3.75. The lowest BCUT2D eigenvalue weighted by atomic mass is 9.94. The van der Waals surface area contributed by atoms with Crippen LogP contribution in [0.25, 0.3) is 11.0 Å². The second-order valence-electron chi connectivity index (χ2n) is 7.29. The minimum absolute atomic E-state index is 0.0186. The molecule has 152 valence electrons. The van der Waals surface area contributed by atoms with Gasteiger partial charge in [-0.2, -0.15) is 9.40 Å². The largest absolute Gasteiger partial charge is 0.326 e. The molecule has 2 aromatic heterocycles. The number of hydrogen-bond acceptors (Lipinski definition) is 5. The van der Waals surface area contributed by atoms with Crippen LogP contribution in [0.5, 0.6) is 0 Å². The SMILES string of the molecule is CC(=O)Nc1ccc(S(=O)(=O)N2CCCC(c3nn(C)c4ncccc34)C2)cc1. The van der Waals surface area contributed by atoms with E-state index in [-0.39, 0.29) is 16.7 Å². The summed E-state index contributed by atoms with van der Waals surface area (Å²) in [6.07, 6.45) is 3.39. The number of hydrogen-bond donors (Lipinski definition) is 1. The van der Waals surface area contributed by atoms with Gasteiger partial charge in [-0.3, -0.25) is 9.48 Å². The molecule has 9 heteroatoms. The smallest absolute Gasteiger partial charge is 0.243 e. The summed E-state index contributed by atoms with van der Waals surface area (Å²) >= 11 is 0. The van der Waals surface area contributed by atoms with Crippen molar-refractivity contribution in [1.29, 1.82) is 0 Å². The van der Waals surface area contributed by atoms with Gasteiger partial charge >= 0.3 is 0 Å². The number of carbonyl (C=O) groups excluding carboxylic acids is 1. The van der Waals surface area contributed by atoms with E-state index in [9.17, 15) is 13.2 Å². The van der Waals surface area contributed by atoms with Gasteiger partial charge in [-0.25, -0.2) is 13.4 Å². The highest BCUT2D eigenvalue weighted by Gasteiger charge is 2.33. The zero-order valence-corrected chi connectivity index (χ0v) is 17.2. The minimum atomic E-state index is -3.62. The van der Waals surface area contributed by atoms with Gasteiger partial charge in [0.05, 0.1) is 10.6 Å². The number of fused-ring (bicyclic) bond motifs is 1. The van der Waals surface area contributed by atoms with Crippen molar-refractivity contribution in [3.05, 3.63) is 48.3 Å². The normalized spacial score (nSPS) is 18.1. The van der Waals surface area contributed by atoms with Crippen LogP contribution in [-0.4, -0.2) is 46.5 Å². The number of amides is 1. The Morgan fingerprint density at radius 2 is 1.97 bits per heavy atom. The Balaban J connectivity index is 1.59. The zero-order valence-electron chi connectivity index (χ0n) is 16.4. The number of piperidine rings is 1. The number of anilines is 1. The highest BCUT2D eigenvalue weighted by Crippen LogP contribution is 2.33. The van der Waals surface area contributed by atoms with E-state index in [4.69, 9.17) is 0 Å². The molecule has 1 amide bonds. The quantitative estimate of drug-likeness (QED) is 0.709. The van der Waals surface area contributed by atoms with Crippen LogP contribution in [-0.2, 0) is 21.9 Å². The third-order valence-electron chi connectivity index (χ3n) is 5.21. The van der Waals surface area contributed by atoms with Crippen molar-refractivity contribution >= 4 is 32.7 Å². The summed E-state index contributed by atoms with van der Waals surface area (Å²) in [6.45, 7) is 2.28. The van der Waals surface area contributed by atoms with Gasteiger partial charge < -0.3 is 5.32 Å². The fraction of sp³-hybridized carbons (Fsp3) is 0.350. The lowest BCUT2D eigenvalue weighted by Crippen LogP contribution is -2.39. The second kappa shape index (κ2) is 7.57. The van der Waals surface area contributed by atoms with Gasteiger partial charge in [0.15, 0.2) is 5.65 Å². The number of benzene rings is 1. The molecule has 8 nitrogen and oxygen atoms in total. The predicted octanol–water partition coefficient (Wildman–Crippen LogP) is 2.50. The first-order chi connectivity index (χ1) is 13.9. The minimum Gasteiger partial charge on any atom is -0.326 e. The molecule has 1 aromatic carbocycles. The molecule has 4 rings (SSSR count). The summed E-state index contributed by atoms with van der Waals surface area (Å²) in [5.74, 6) is -0.179. The maximum absolute atomic E-state index is 13.2. The third-order valence-corrected chi connectivity index (χ3v) is 7.09. The molecule has 0 saturated carbocycles. The molecular formula is C20H23N5O3S. The lowest BCUT2D eigenvalue weighted by molar-refractivity contribution is -0.114. The molecule has 1 aliphatic rings.